The van der Waals surface area contributed by atoms with Gasteiger partial charge in [0.15, 0.2) is 0 Å². The van der Waals surface area contributed by atoms with Crippen LogP contribution >= 0.6 is 0 Å². The van der Waals surface area contributed by atoms with Crippen molar-refractivity contribution in [2.75, 3.05) is 0 Å². The third-order valence-electron chi connectivity index (χ3n) is 2.30. The molecule has 77 valence electrons. The average Bonchev–Trinajstić information content (AvgIpc) is 3.03. The molecule has 3 rings (SSSR count). The summed E-state index contributed by atoms with van der Waals surface area (Å²) in [7, 11) is 0. The first-order valence-electron chi connectivity index (χ1n) is 4.82. The topological polar surface area (TPSA) is 70.2 Å². The SMILES string of the molecule is [c]1nccc(-c2cc[nH]n2)c1-c1cc[nH]n1. The highest BCUT2D eigenvalue weighted by Crippen LogP contribution is 2.27. The molecule has 5 nitrogen and oxygen atoms in total. The number of aromatic nitrogens is 5. The zero-order valence-electron chi connectivity index (χ0n) is 8.31. The molecule has 0 fully saturated rings. The van der Waals surface area contributed by atoms with Crippen LogP contribution in [0.3, 0.4) is 0 Å². The van der Waals surface area contributed by atoms with Crippen LogP contribution < -0.4 is 0 Å². The maximum absolute atomic E-state index is 4.15. The highest BCUT2D eigenvalue weighted by molar-refractivity contribution is 5.78. The predicted molar refractivity (Wildman–Crippen MR) is 58.2 cm³/mol. The van der Waals surface area contributed by atoms with Crippen molar-refractivity contribution in [1.82, 2.24) is 25.4 Å². The van der Waals surface area contributed by atoms with Crippen LogP contribution in [-0.2, 0) is 0 Å². The van der Waals surface area contributed by atoms with Gasteiger partial charge in [0.05, 0.1) is 17.6 Å². The molecule has 3 aromatic heterocycles. The van der Waals surface area contributed by atoms with Crippen molar-refractivity contribution in [1.29, 1.82) is 0 Å². The number of pyridine rings is 1. The third kappa shape index (κ3) is 1.38. The van der Waals surface area contributed by atoms with Crippen LogP contribution in [0.1, 0.15) is 0 Å². The second-order valence-corrected chi connectivity index (χ2v) is 3.26. The van der Waals surface area contributed by atoms with Crippen LogP contribution in [0.4, 0.5) is 0 Å². The lowest BCUT2D eigenvalue weighted by atomic mass is 10.1. The number of hydrogen-bond acceptors (Lipinski definition) is 3. The molecule has 0 bridgehead atoms. The van der Waals surface area contributed by atoms with Crippen molar-refractivity contribution in [2.45, 2.75) is 0 Å². The Bertz CT molecular complexity index is 515. The molecule has 3 heterocycles. The van der Waals surface area contributed by atoms with Crippen LogP contribution in [0.2, 0.25) is 0 Å². The normalized spacial score (nSPS) is 10.5. The summed E-state index contributed by atoms with van der Waals surface area (Å²) in [5, 5.41) is 13.8. The first-order chi connectivity index (χ1) is 7.95. The van der Waals surface area contributed by atoms with Gasteiger partial charge in [-0.3, -0.25) is 15.2 Å². The van der Waals surface area contributed by atoms with Gasteiger partial charge >= 0.3 is 0 Å². The molecule has 0 amide bonds. The van der Waals surface area contributed by atoms with E-state index < -0.39 is 0 Å². The standard InChI is InChI=1S/C11H8N5/c1-4-12-7-9(11-3-6-14-16-11)8(1)10-2-5-13-15-10/h1-6H,(H,13,15)(H,14,16). The summed E-state index contributed by atoms with van der Waals surface area (Å²) < 4.78 is 0. The molecule has 0 spiro atoms. The van der Waals surface area contributed by atoms with Crippen molar-refractivity contribution in [3.05, 3.63) is 43.0 Å². The van der Waals surface area contributed by atoms with E-state index >= 15 is 0 Å². The van der Waals surface area contributed by atoms with E-state index in [0.29, 0.717) is 0 Å². The summed E-state index contributed by atoms with van der Waals surface area (Å²) in [5.41, 5.74) is 3.47. The van der Waals surface area contributed by atoms with Crippen LogP contribution in [0.5, 0.6) is 0 Å². The highest BCUT2D eigenvalue weighted by atomic mass is 15.1. The minimum atomic E-state index is 0.811. The summed E-state index contributed by atoms with van der Waals surface area (Å²) in [5.74, 6) is 0. The van der Waals surface area contributed by atoms with Crippen LogP contribution in [0.25, 0.3) is 22.5 Å². The predicted octanol–water partition coefficient (Wildman–Crippen LogP) is 1.66. The quantitative estimate of drug-likeness (QED) is 0.675. The number of nitrogens with zero attached hydrogens (tertiary/aromatic N) is 3. The van der Waals surface area contributed by atoms with E-state index in [1.165, 1.54) is 0 Å². The van der Waals surface area contributed by atoms with Gasteiger partial charge in [-0.15, -0.1) is 0 Å². The molecule has 0 atom stereocenters. The molecule has 0 aliphatic heterocycles. The van der Waals surface area contributed by atoms with Gasteiger partial charge in [-0.05, 0) is 18.2 Å². The molecule has 0 aromatic carbocycles. The average molecular weight is 210 g/mol. The number of rotatable bonds is 2. The van der Waals surface area contributed by atoms with E-state index in [4.69, 9.17) is 0 Å². The monoisotopic (exact) mass is 210 g/mol. The van der Waals surface area contributed by atoms with Gasteiger partial charge in [0.2, 0.25) is 0 Å². The van der Waals surface area contributed by atoms with E-state index in [2.05, 4.69) is 31.6 Å². The zero-order chi connectivity index (χ0) is 10.8. The van der Waals surface area contributed by atoms with E-state index in [9.17, 15) is 0 Å². The molecule has 1 radical (unpaired) electrons. The lowest BCUT2D eigenvalue weighted by Gasteiger charge is -2.02. The van der Waals surface area contributed by atoms with Gasteiger partial charge in [-0.2, -0.15) is 10.2 Å². The lowest BCUT2D eigenvalue weighted by molar-refractivity contribution is 1.08. The van der Waals surface area contributed by atoms with E-state index in [1.807, 2.05) is 18.2 Å². The molecular weight excluding hydrogens is 202 g/mol. The summed E-state index contributed by atoms with van der Waals surface area (Å²) in [6.45, 7) is 0. The largest absolute Gasteiger partial charge is 0.285 e. The second kappa shape index (κ2) is 3.62. The van der Waals surface area contributed by atoms with E-state index in [0.717, 1.165) is 22.5 Å². The molecule has 0 saturated heterocycles. The Balaban J connectivity index is 2.19. The Morgan fingerprint density at radius 2 is 1.69 bits per heavy atom. The van der Waals surface area contributed by atoms with Gasteiger partial charge in [-0.1, -0.05) is 0 Å². The zero-order valence-corrected chi connectivity index (χ0v) is 8.31. The van der Waals surface area contributed by atoms with Crippen molar-refractivity contribution in [3.8, 4) is 22.5 Å². The summed E-state index contributed by atoms with van der Waals surface area (Å²) in [6, 6.07) is 5.68. The molecular formula is C11H8N5. The summed E-state index contributed by atoms with van der Waals surface area (Å²) in [6.07, 6.45) is 8.19. The number of nitrogens with one attached hydrogen (secondary N) is 2. The third-order valence-corrected chi connectivity index (χ3v) is 2.30. The number of H-pyrrole nitrogens is 2. The molecule has 0 aliphatic rings. The van der Waals surface area contributed by atoms with Crippen molar-refractivity contribution < 1.29 is 0 Å². The van der Waals surface area contributed by atoms with Gasteiger partial charge in [0.1, 0.15) is 0 Å². The molecule has 3 aromatic rings. The fraction of sp³-hybridized carbons (Fsp3) is 0. The number of aromatic amines is 2. The molecule has 0 unspecified atom stereocenters. The van der Waals surface area contributed by atoms with Crippen molar-refractivity contribution in [3.63, 3.8) is 0 Å². The van der Waals surface area contributed by atoms with Crippen LogP contribution in [-0.4, -0.2) is 25.4 Å². The van der Waals surface area contributed by atoms with Crippen molar-refractivity contribution >= 4 is 0 Å². The molecule has 0 saturated carbocycles. The minimum Gasteiger partial charge on any atom is -0.285 e. The van der Waals surface area contributed by atoms with E-state index in [-0.39, 0.29) is 0 Å². The molecule has 5 heteroatoms. The fourth-order valence-electron chi connectivity index (χ4n) is 1.58. The molecule has 0 aliphatic carbocycles. The Morgan fingerprint density at radius 3 is 2.38 bits per heavy atom. The maximum Gasteiger partial charge on any atom is 0.0994 e. The van der Waals surface area contributed by atoms with E-state index in [1.54, 1.807) is 18.6 Å². The smallest absolute Gasteiger partial charge is 0.0994 e. The maximum atomic E-state index is 4.15. The Hall–Kier alpha value is -2.43. The Morgan fingerprint density at radius 1 is 0.938 bits per heavy atom. The fourth-order valence-corrected chi connectivity index (χ4v) is 1.58. The molecule has 16 heavy (non-hydrogen) atoms. The van der Waals surface area contributed by atoms with Gasteiger partial charge < -0.3 is 0 Å². The summed E-state index contributed by atoms with van der Waals surface area (Å²) >= 11 is 0. The Labute approximate surface area is 91.6 Å². The van der Waals surface area contributed by atoms with Gasteiger partial charge in [0.25, 0.3) is 0 Å². The summed E-state index contributed by atoms with van der Waals surface area (Å²) in [4.78, 5) is 3.99. The van der Waals surface area contributed by atoms with Gasteiger partial charge in [0, 0.05) is 29.7 Å². The first-order valence-corrected chi connectivity index (χ1v) is 4.82. The first kappa shape index (κ1) is 8.84. The second-order valence-electron chi connectivity index (χ2n) is 3.26. The van der Waals surface area contributed by atoms with Gasteiger partial charge in [-0.25, -0.2) is 0 Å². The van der Waals surface area contributed by atoms with Crippen LogP contribution in [0.15, 0.2) is 36.8 Å². The Kier molecular flexibility index (Phi) is 2.00. The minimum absolute atomic E-state index is 0.811. The lowest BCUT2D eigenvalue weighted by Crippen LogP contribution is -1.88. The van der Waals surface area contributed by atoms with Crippen LogP contribution in [0, 0.1) is 6.20 Å². The molecule has 2 N–H and O–H groups in total. The number of hydrogen-bond donors (Lipinski definition) is 2. The van der Waals surface area contributed by atoms with Crippen molar-refractivity contribution in [2.24, 2.45) is 0 Å². The highest BCUT2D eigenvalue weighted by Gasteiger charge is 2.10.